The molecule has 1 aromatic carbocycles. The van der Waals surface area contributed by atoms with E-state index in [9.17, 15) is 4.79 Å². The minimum Gasteiger partial charge on any atom is -0.430 e. The first kappa shape index (κ1) is 16.1. The maximum absolute atomic E-state index is 11.3. The highest BCUT2D eigenvalue weighted by atomic mass is 16.8. The fourth-order valence-electron chi connectivity index (χ4n) is 3.81. The molecule has 2 fully saturated rings. The van der Waals surface area contributed by atoms with Crippen LogP contribution in [-0.4, -0.2) is 46.1 Å². The summed E-state index contributed by atoms with van der Waals surface area (Å²) in [5.41, 5.74) is 4.55. The van der Waals surface area contributed by atoms with Crippen LogP contribution in [0.25, 0.3) is 5.69 Å². The van der Waals surface area contributed by atoms with Crippen LogP contribution >= 0.6 is 0 Å². The van der Waals surface area contributed by atoms with Gasteiger partial charge in [-0.25, -0.2) is 9.48 Å². The second-order valence-electron chi connectivity index (χ2n) is 7.13. The van der Waals surface area contributed by atoms with Gasteiger partial charge in [-0.3, -0.25) is 4.90 Å². The molecule has 0 atom stereocenters. The van der Waals surface area contributed by atoms with Crippen molar-refractivity contribution in [1.29, 1.82) is 0 Å². The molecule has 0 saturated carbocycles. The molecule has 2 aliphatic heterocycles. The van der Waals surface area contributed by atoms with Crippen molar-refractivity contribution in [3.8, 4) is 5.69 Å². The predicted molar refractivity (Wildman–Crippen MR) is 92.7 cm³/mol. The number of benzene rings is 1. The number of hydrogen-bond donors (Lipinski definition) is 0. The lowest BCUT2D eigenvalue weighted by molar-refractivity contribution is -0.00166. The number of cyclic esters (lactones) is 1. The number of carbonyl (C=O) groups excluding carboxylic acids is 1. The van der Waals surface area contributed by atoms with E-state index in [-0.39, 0.29) is 0 Å². The van der Waals surface area contributed by atoms with Crippen molar-refractivity contribution in [2.24, 2.45) is 0 Å². The third-order valence-electron chi connectivity index (χ3n) is 5.25. The van der Waals surface area contributed by atoms with Crippen molar-refractivity contribution in [2.75, 3.05) is 19.7 Å². The standard InChI is InChI=1S/C19H23N3O3/c1-14-10-15(2)16(17(11-14)22-7-3-6-20-22)12-21-8-4-19(5-9-21)13-24-18(23)25-19/h3,6-7,10-11H,4-5,8-9,12-13H2,1-2H3. The Morgan fingerprint density at radius 3 is 2.68 bits per heavy atom. The van der Waals surface area contributed by atoms with E-state index in [4.69, 9.17) is 9.47 Å². The van der Waals surface area contributed by atoms with Crippen molar-refractivity contribution in [2.45, 2.75) is 38.8 Å². The van der Waals surface area contributed by atoms with Gasteiger partial charge >= 0.3 is 6.16 Å². The van der Waals surface area contributed by atoms with Crippen LogP contribution in [0.1, 0.15) is 29.5 Å². The minimum atomic E-state index is -0.524. The lowest BCUT2D eigenvalue weighted by Gasteiger charge is -2.36. The molecule has 3 heterocycles. The Balaban J connectivity index is 1.53. The van der Waals surface area contributed by atoms with Crippen LogP contribution in [0.2, 0.25) is 0 Å². The topological polar surface area (TPSA) is 56.6 Å². The van der Waals surface area contributed by atoms with Gasteiger partial charge < -0.3 is 9.47 Å². The van der Waals surface area contributed by atoms with E-state index in [0.29, 0.717) is 6.61 Å². The summed E-state index contributed by atoms with van der Waals surface area (Å²) < 4.78 is 12.4. The van der Waals surface area contributed by atoms with Crippen molar-refractivity contribution in [3.63, 3.8) is 0 Å². The van der Waals surface area contributed by atoms with Gasteiger partial charge in [0.05, 0.1) is 5.69 Å². The second-order valence-corrected chi connectivity index (χ2v) is 7.13. The third-order valence-corrected chi connectivity index (χ3v) is 5.25. The summed E-state index contributed by atoms with van der Waals surface area (Å²) >= 11 is 0. The Hall–Kier alpha value is -2.34. The number of aryl methyl sites for hydroxylation is 2. The molecule has 1 spiro atoms. The Kier molecular flexibility index (Phi) is 4.00. The molecule has 2 aliphatic rings. The molecule has 1 aromatic heterocycles. The lowest BCUT2D eigenvalue weighted by Crippen LogP contribution is -2.45. The van der Waals surface area contributed by atoms with E-state index in [2.05, 4.69) is 36.0 Å². The highest BCUT2D eigenvalue weighted by molar-refractivity contribution is 5.62. The summed E-state index contributed by atoms with van der Waals surface area (Å²) in [4.78, 5) is 13.7. The molecule has 2 saturated heterocycles. The Labute approximate surface area is 147 Å². The Morgan fingerprint density at radius 2 is 2.04 bits per heavy atom. The summed E-state index contributed by atoms with van der Waals surface area (Å²) in [6, 6.07) is 6.36. The number of ether oxygens (including phenoxy) is 2. The lowest BCUT2D eigenvalue weighted by atomic mass is 9.91. The minimum absolute atomic E-state index is 0.391. The van der Waals surface area contributed by atoms with Crippen LogP contribution in [0.3, 0.4) is 0 Å². The van der Waals surface area contributed by atoms with Gasteiger partial charge in [0.2, 0.25) is 0 Å². The van der Waals surface area contributed by atoms with Crippen LogP contribution in [0.15, 0.2) is 30.6 Å². The second kappa shape index (κ2) is 6.19. The largest absolute Gasteiger partial charge is 0.509 e. The Morgan fingerprint density at radius 1 is 1.24 bits per heavy atom. The highest BCUT2D eigenvalue weighted by Crippen LogP contribution is 2.33. The number of carbonyl (C=O) groups is 1. The van der Waals surface area contributed by atoms with Crippen molar-refractivity contribution in [1.82, 2.24) is 14.7 Å². The maximum Gasteiger partial charge on any atom is 0.509 e. The highest BCUT2D eigenvalue weighted by Gasteiger charge is 2.44. The van der Waals surface area contributed by atoms with E-state index >= 15 is 0 Å². The molecule has 0 amide bonds. The molecule has 6 heteroatoms. The van der Waals surface area contributed by atoms with Crippen molar-refractivity contribution in [3.05, 3.63) is 47.3 Å². The molecule has 2 aromatic rings. The first-order chi connectivity index (χ1) is 12.0. The molecule has 4 rings (SSSR count). The predicted octanol–water partition coefficient (Wildman–Crippen LogP) is 2.99. The van der Waals surface area contributed by atoms with Gasteiger partial charge in [-0.05, 0) is 42.7 Å². The molecular formula is C19H23N3O3. The van der Waals surface area contributed by atoms with Crippen LogP contribution in [0.5, 0.6) is 0 Å². The van der Waals surface area contributed by atoms with Gasteiger partial charge in [-0.1, -0.05) is 6.07 Å². The third kappa shape index (κ3) is 3.14. The molecule has 6 nitrogen and oxygen atoms in total. The Bertz CT molecular complexity index is 777. The SMILES string of the molecule is Cc1cc(C)c(CN2CCC3(CC2)COC(=O)O3)c(-n2cccn2)c1. The average Bonchev–Trinajstić information content (AvgIpc) is 3.22. The molecule has 0 unspecified atom stereocenters. The molecule has 132 valence electrons. The van der Waals surface area contributed by atoms with E-state index < -0.39 is 11.8 Å². The molecule has 0 N–H and O–H groups in total. The van der Waals surface area contributed by atoms with E-state index in [0.717, 1.165) is 38.2 Å². The van der Waals surface area contributed by atoms with Gasteiger partial charge in [-0.15, -0.1) is 0 Å². The van der Waals surface area contributed by atoms with Crippen molar-refractivity contribution < 1.29 is 14.3 Å². The van der Waals surface area contributed by atoms with E-state index in [1.54, 1.807) is 6.20 Å². The first-order valence-electron chi connectivity index (χ1n) is 8.73. The monoisotopic (exact) mass is 341 g/mol. The van der Waals surface area contributed by atoms with Gasteiger partial charge in [0.1, 0.15) is 6.61 Å². The normalized spacial score (nSPS) is 19.8. The molecule has 0 radical (unpaired) electrons. The van der Waals surface area contributed by atoms with Crippen LogP contribution < -0.4 is 0 Å². The quantitative estimate of drug-likeness (QED) is 0.803. The molecular weight excluding hydrogens is 318 g/mol. The maximum atomic E-state index is 11.3. The number of likely N-dealkylation sites (tertiary alicyclic amines) is 1. The van der Waals surface area contributed by atoms with Gasteiger partial charge in [0, 0.05) is 44.9 Å². The summed E-state index contributed by atoms with van der Waals surface area (Å²) in [7, 11) is 0. The van der Waals surface area contributed by atoms with Crippen LogP contribution in [0, 0.1) is 13.8 Å². The summed E-state index contributed by atoms with van der Waals surface area (Å²) in [6.07, 6.45) is 4.91. The summed E-state index contributed by atoms with van der Waals surface area (Å²) in [5, 5.41) is 4.41. The van der Waals surface area contributed by atoms with Gasteiger partial charge in [0.25, 0.3) is 0 Å². The number of aromatic nitrogens is 2. The summed E-state index contributed by atoms with van der Waals surface area (Å²) in [5.74, 6) is 0. The van der Waals surface area contributed by atoms with Crippen LogP contribution in [0.4, 0.5) is 4.79 Å². The van der Waals surface area contributed by atoms with Crippen molar-refractivity contribution >= 4 is 6.16 Å². The molecule has 0 bridgehead atoms. The number of hydrogen-bond acceptors (Lipinski definition) is 5. The zero-order chi connectivity index (χ0) is 17.4. The zero-order valence-corrected chi connectivity index (χ0v) is 14.7. The van der Waals surface area contributed by atoms with Crippen LogP contribution in [-0.2, 0) is 16.0 Å². The fourth-order valence-corrected chi connectivity index (χ4v) is 3.81. The van der Waals surface area contributed by atoms with Gasteiger partial charge in [0.15, 0.2) is 5.60 Å². The molecule has 25 heavy (non-hydrogen) atoms. The van der Waals surface area contributed by atoms with E-state index in [1.165, 1.54) is 16.7 Å². The van der Waals surface area contributed by atoms with E-state index in [1.807, 2.05) is 16.9 Å². The summed E-state index contributed by atoms with van der Waals surface area (Å²) in [6.45, 7) is 7.31. The fraction of sp³-hybridized carbons (Fsp3) is 0.474. The number of rotatable bonds is 3. The number of nitrogens with zero attached hydrogens (tertiary/aromatic N) is 3. The van der Waals surface area contributed by atoms with Gasteiger partial charge in [-0.2, -0.15) is 5.10 Å². The molecule has 0 aliphatic carbocycles. The smallest absolute Gasteiger partial charge is 0.430 e. The zero-order valence-electron chi connectivity index (χ0n) is 14.7. The first-order valence-corrected chi connectivity index (χ1v) is 8.73. The average molecular weight is 341 g/mol. The number of piperidine rings is 1.